The number of nitrogens with zero attached hydrogens (tertiary/aromatic N) is 2. The molecule has 1 unspecified atom stereocenters. The van der Waals surface area contributed by atoms with Gasteiger partial charge < -0.3 is 25.8 Å². The van der Waals surface area contributed by atoms with Gasteiger partial charge in [-0.25, -0.2) is 0 Å². The Morgan fingerprint density at radius 3 is 2.30 bits per heavy atom. The first-order valence-electron chi connectivity index (χ1n) is 19.8. The average molecular weight is 756 g/mol. The number of nitrogens with one attached hydrogen (secondary N) is 3. The second kappa shape index (κ2) is 15.8. The van der Waals surface area contributed by atoms with Gasteiger partial charge in [0.1, 0.15) is 18.1 Å². The summed E-state index contributed by atoms with van der Waals surface area (Å²) in [4.78, 5) is 87.9. The fourth-order valence-corrected chi connectivity index (χ4v) is 10.2. The molecular weight excluding hydrogens is 703 g/mol. The molecule has 7 rings (SSSR count). The van der Waals surface area contributed by atoms with Crippen LogP contribution in [0.5, 0.6) is 0 Å². The largest absolute Gasteiger partial charge is 0.346 e. The highest BCUT2D eigenvalue weighted by atomic mass is 32.1. The first-order valence-corrected chi connectivity index (χ1v) is 20.7. The van der Waals surface area contributed by atoms with Crippen LogP contribution in [-0.2, 0) is 36.8 Å². The molecular formula is C42H53N5O6S. The molecule has 1 aromatic heterocycles. The molecule has 0 radical (unpaired) electrons. The van der Waals surface area contributed by atoms with Gasteiger partial charge in [-0.3, -0.25) is 28.8 Å². The van der Waals surface area contributed by atoms with Crippen molar-refractivity contribution >= 4 is 46.7 Å². The highest BCUT2D eigenvalue weighted by Gasteiger charge is 2.65. The summed E-state index contributed by atoms with van der Waals surface area (Å²) in [5.74, 6) is -2.47. The van der Waals surface area contributed by atoms with Gasteiger partial charge in [-0.1, -0.05) is 82.4 Å². The Morgan fingerprint density at radius 1 is 0.981 bits per heavy atom. The summed E-state index contributed by atoms with van der Waals surface area (Å²) < 4.78 is 0. The molecule has 1 aromatic carbocycles. The highest BCUT2D eigenvalue weighted by Crippen LogP contribution is 2.49. The van der Waals surface area contributed by atoms with Gasteiger partial charge in [0.25, 0.3) is 11.8 Å². The fourth-order valence-electron chi connectivity index (χ4n) is 9.52. The monoisotopic (exact) mass is 755 g/mol. The van der Waals surface area contributed by atoms with Crippen LogP contribution in [0.3, 0.4) is 0 Å². The Hall–Kier alpha value is -4.32. The van der Waals surface area contributed by atoms with Gasteiger partial charge in [0.05, 0.1) is 16.5 Å². The lowest BCUT2D eigenvalue weighted by atomic mass is 9.66. The maximum atomic E-state index is 15.4. The summed E-state index contributed by atoms with van der Waals surface area (Å²) in [6, 6.07) is 8.27. The molecule has 0 bridgehead atoms. The van der Waals surface area contributed by atoms with Gasteiger partial charge in [0.15, 0.2) is 0 Å². The van der Waals surface area contributed by atoms with E-state index < -0.39 is 47.3 Å². The number of Topliss-reactive ketones (excluding diaryl/α,β-unsaturated/α-hetero) is 1. The SMILES string of the molecule is C=CCNC(=O)C(=O)C(CC1CC1)NC(=O)[C@@H]1C[C@@H](C(C)C)CN1C(=O)[C@H](C1Cc2ccccc2C1)N1C(=O)[C@@H](NC(=O)c2cccs2)C12CCCCC2. The van der Waals surface area contributed by atoms with Crippen LogP contribution in [0.15, 0.2) is 54.4 Å². The molecule has 288 valence electrons. The second-order valence-electron chi connectivity index (χ2n) is 16.5. The molecule has 5 atom stereocenters. The van der Waals surface area contributed by atoms with Crippen LogP contribution in [0.4, 0.5) is 0 Å². The van der Waals surface area contributed by atoms with Crippen molar-refractivity contribution in [1.82, 2.24) is 25.8 Å². The predicted molar refractivity (Wildman–Crippen MR) is 205 cm³/mol. The van der Waals surface area contributed by atoms with E-state index in [-0.39, 0.29) is 47.9 Å². The lowest BCUT2D eigenvalue weighted by molar-refractivity contribution is -0.183. The van der Waals surface area contributed by atoms with Crippen LogP contribution in [0.25, 0.3) is 0 Å². The molecule has 12 heteroatoms. The summed E-state index contributed by atoms with van der Waals surface area (Å²) in [6.45, 7) is 8.25. The van der Waals surface area contributed by atoms with E-state index in [1.165, 1.54) is 17.4 Å². The topological polar surface area (TPSA) is 145 Å². The zero-order valence-electron chi connectivity index (χ0n) is 31.4. The van der Waals surface area contributed by atoms with Gasteiger partial charge >= 0.3 is 0 Å². The normalized spacial score (nSPS) is 24.4. The molecule has 5 amide bonds. The van der Waals surface area contributed by atoms with E-state index in [1.54, 1.807) is 11.0 Å². The van der Waals surface area contributed by atoms with Gasteiger partial charge in [-0.15, -0.1) is 17.9 Å². The Labute approximate surface area is 321 Å². The van der Waals surface area contributed by atoms with E-state index in [9.17, 15) is 24.0 Å². The number of benzene rings is 1. The molecule has 54 heavy (non-hydrogen) atoms. The second-order valence-corrected chi connectivity index (χ2v) is 17.4. The number of amides is 5. The lowest BCUT2D eigenvalue weighted by Gasteiger charge is -2.62. The average Bonchev–Trinajstić information content (AvgIpc) is 3.54. The maximum Gasteiger partial charge on any atom is 0.289 e. The van der Waals surface area contributed by atoms with Gasteiger partial charge in [-0.2, -0.15) is 0 Å². The van der Waals surface area contributed by atoms with Crippen molar-refractivity contribution in [2.24, 2.45) is 23.7 Å². The first kappa shape index (κ1) is 38.0. The number of carbonyl (C=O) groups is 6. The zero-order valence-corrected chi connectivity index (χ0v) is 32.2. The van der Waals surface area contributed by atoms with E-state index in [1.807, 2.05) is 28.5 Å². The van der Waals surface area contributed by atoms with Crippen molar-refractivity contribution in [2.45, 2.75) is 114 Å². The number of fused-ring (bicyclic) bond motifs is 1. The van der Waals surface area contributed by atoms with Crippen LogP contribution >= 0.6 is 11.3 Å². The Morgan fingerprint density at radius 2 is 1.69 bits per heavy atom. The summed E-state index contributed by atoms with van der Waals surface area (Å²) in [5.41, 5.74) is 1.59. The van der Waals surface area contributed by atoms with Crippen molar-refractivity contribution in [3.63, 3.8) is 0 Å². The molecule has 3 heterocycles. The smallest absolute Gasteiger partial charge is 0.289 e. The van der Waals surface area contributed by atoms with E-state index in [0.29, 0.717) is 49.9 Å². The first-order chi connectivity index (χ1) is 26.0. The molecule has 11 nitrogen and oxygen atoms in total. The van der Waals surface area contributed by atoms with E-state index in [0.717, 1.165) is 43.2 Å². The molecule has 4 fully saturated rings. The highest BCUT2D eigenvalue weighted by molar-refractivity contribution is 7.12. The third-order valence-corrected chi connectivity index (χ3v) is 13.6. The molecule has 5 aliphatic rings. The number of hydrogen-bond acceptors (Lipinski definition) is 7. The van der Waals surface area contributed by atoms with E-state index in [4.69, 9.17) is 0 Å². The minimum Gasteiger partial charge on any atom is -0.346 e. The third kappa shape index (κ3) is 7.38. The number of rotatable bonds is 14. The predicted octanol–water partition coefficient (Wildman–Crippen LogP) is 4.20. The van der Waals surface area contributed by atoms with Crippen LogP contribution in [0, 0.1) is 23.7 Å². The number of carbonyl (C=O) groups excluding carboxylic acids is 6. The minimum atomic E-state index is -1.000. The molecule has 2 aliphatic heterocycles. The number of hydrogen-bond donors (Lipinski definition) is 3. The number of thiophene rings is 1. The number of β-lactam (4-membered cyclic amide) rings is 1. The van der Waals surface area contributed by atoms with Crippen molar-refractivity contribution in [2.75, 3.05) is 13.1 Å². The maximum absolute atomic E-state index is 15.4. The summed E-state index contributed by atoms with van der Waals surface area (Å²) >= 11 is 1.33. The Balaban J connectivity index is 1.20. The molecule has 2 aromatic rings. The van der Waals surface area contributed by atoms with Crippen molar-refractivity contribution in [3.05, 3.63) is 70.4 Å². The number of likely N-dealkylation sites (tertiary alicyclic amines) is 2. The summed E-state index contributed by atoms with van der Waals surface area (Å²) in [6.07, 6.45) is 9.50. The minimum absolute atomic E-state index is 0.0214. The molecule has 3 N–H and O–H groups in total. The Bertz CT molecular complexity index is 1760. The quantitative estimate of drug-likeness (QED) is 0.150. The summed E-state index contributed by atoms with van der Waals surface area (Å²) in [7, 11) is 0. The van der Waals surface area contributed by atoms with Crippen LogP contribution in [0.2, 0.25) is 0 Å². The zero-order chi connectivity index (χ0) is 38.1. The van der Waals surface area contributed by atoms with Gasteiger partial charge in [0.2, 0.25) is 23.5 Å². The fraction of sp³-hybridized carbons (Fsp3) is 0.571. The molecule has 2 saturated carbocycles. The van der Waals surface area contributed by atoms with Gasteiger partial charge in [-0.05, 0) is 84.8 Å². The lowest BCUT2D eigenvalue weighted by Crippen LogP contribution is -2.83. The van der Waals surface area contributed by atoms with Crippen LogP contribution in [-0.4, -0.2) is 87.9 Å². The van der Waals surface area contributed by atoms with E-state index >= 15 is 4.79 Å². The van der Waals surface area contributed by atoms with Crippen LogP contribution < -0.4 is 16.0 Å². The molecule has 1 spiro atoms. The van der Waals surface area contributed by atoms with E-state index in [2.05, 4.69) is 48.5 Å². The third-order valence-electron chi connectivity index (χ3n) is 12.7. The number of ketones is 1. The van der Waals surface area contributed by atoms with Crippen LogP contribution in [0.1, 0.15) is 92.4 Å². The van der Waals surface area contributed by atoms with Crippen molar-refractivity contribution < 1.29 is 28.8 Å². The van der Waals surface area contributed by atoms with Crippen molar-refractivity contribution in [3.8, 4) is 0 Å². The van der Waals surface area contributed by atoms with Crippen molar-refractivity contribution in [1.29, 1.82) is 0 Å². The molecule has 3 aliphatic carbocycles. The Kier molecular flexibility index (Phi) is 11.1. The summed E-state index contributed by atoms with van der Waals surface area (Å²) in [5, 5.41) is 10.4. The van der Waals surface area contributed by atoms with Gasteiger partial charge in [0, 0.05) is 13.1 Å². The molecule has 2 saturated heterocycles. The standard InChI is InChI=1S/C42H53N5O6S/c1-4-18-43-39(51)35(48)31(20-26-14-15-26)44-37(49)32-23-30(25(2)3)24-46(32)40(52)34(29-21-27-11-6-7-12-28(27)22-29)47-41(53)36(42(47)16-8-5-9-17-42)45-38(50)33-13-10-19-54-33/h4,6-7,10-13,19,25-26,29-32,34,36H,1,5,8-9,14-18,20-24H2,2-3H3,(H,43,51)(H,44,49)(H,45,50)/t30-,31?,32+,34+,36-/m1/s1.